The number of rotatable bonds is 4. The van der Waals surface area contributed by atoms with Gasteiger partial charge >= 0.3 is 0 Å². The molecule has 3 rings (SSSR count). The van der Waals surface area contributed by atoms with Gasteiger partial charge in [-0.2, -0.15) is 0 Å². The topological polar surface area (TPSA) is 23.5 Å². The van der Waals surface area contributed by atoms with Gasteiger partial charge in [0.1, 0.15) is 5.82 Å². The number of likely N-dealkylation sites (tertiary alicyclic amines) is 1. The molecule has 0 aromatic heterocycles. The van der Waals surface area contributed by atoms with E-state index in [0.29, 0.717) is 6.42 Å². The quantitative estimate of drug-likeness (QED) is 0.935. The summed E-state index contributed by atoms with van der Waals surface area (Å²) < 4.78 is 12.9. The van der Waals surface area contributed by atoms with E-state index in [9.17, 15) is 9.50 Å². The molecule has 0 spiro atoms. The summed E-state index contributed by atoms with van der Waals surface area (Å²) >= 11 is 0. The maximum Gasteiger partial charge on any atom is 0.123 e. The third-order valence-electron chi connectivity index (χ3n) is 4.48. The number of hydrogen-bond acceptors (Lipinski definition) is 2. The highest BCUT2D eigenvalue weighted by molar-refractivity contribution is 5.19. The van der Waals surface area contributed by atoms with Gasteiger partial charge in [0.2, 0.25) is 0 Å². The first-order valence-electron chi connectivity index (χ1n) is 7.86. The molecule has 0 radical (unpaired) electrons. The third-order valence-corrected chi connectivity index (χ3v) is 4.48. The van der Waals surface area contributed by atoms with Crippen LogP contribution in [0.25, 0.3) is 0 Å². The summed E-state index contributed by atoms with van der Waals surface area (Å²) in [6, 6.07) is 16.9. The number of hydrogen-bond donors (Lipinski definition) is 1. The van der Waals surface area contributed by atoms with Crippen molar-refractivity contribution in [1.82, 2.24) is 4.90 Å². The number of piperidine rings is 1. The molecule has 22 heavy (non-hydrogen) atoms. The molecule has 0 atom stereocenters. The van der Waals surface area contributed by atoms with E-state index in [2.05, 4.69) is 29.2 Å². The molecule has 116 valence electrons. The van der Waals surface area contributed by atoms with Gasteiger partial charge in [0.15, 0.2) is 0 Å². The zero-order valence-corrected chi connectivity index (χ0v) is 12.7. The normalized spacial score (nSPS) is 18.3. The van der Waals surface area contributed by atoms with Gasteiger partial charge in [0.25, 0.3) is 0 Å². The molecule has 1 fully saturated rings. The van der Waals surface area contributed by atoms with E-state index in [1.54, 1.807) is 12.1 Å². The van der Waals surface area contributed by atoms with Gasteiger partial charge in [-0.15, -0.1) is 0 Å². The van der Waals surface area contributed by atoms with Crippen molar-refractivity contribution in [2.45, 2.75) is 31.4 Å². The maximum absolute atomic E-state index is 12.9. The van der Waals surface area contributed by atoms with Crippen LogP contribution in [-0.4, -0.2) is 28.7 Å². The van der Waals surface area contributed by atoms with Crippen LogP contribution in [0.2, 0.25) is 0 Å². The fourth-order valence-electron chi connectivity index (χ4n) is 3.13. The monoisotopic (exact) mass is 299 g/mol. The Bertz CT molecular complexity index is 589. The van der Waals surface area contributed by atoms with Crippen LogP contribution in [0.3, 0.4) is 0 Å². The summed E-state index contributed by atoms with van der Waals surface area (Å²) in [5, 5.41) is 10.8. The summed E-state index contributed by atoms with van der Waals surface area (Å²) in [6.07, 6.45) is 2.13. The second-order valence-corrected chi connectivity index (χ2v) is 6.29. The molecule has 1 aliphatic rings. The predicted octanol–water partition coefficient (Wildman–Crippen LogP) is 3.40. The van der Waals surface area contributed by atoms with Crippen molar-refractivity contribution >= 4 is 0 Å². The van der Waals surface area contributed by atoms with Crippen molar-refractivity contribution in [3.8, 4) is 0 Å². The van der Waals surface area contributed by atoms with Crippen molar-refractivity contribution in [2.24, 2.45) is 0 Å². The molecule has 1 N–H and O–H groups in total. The average Bonchev–Trinajstić information content (AvgIpc) is 2.53. The highest BCUT2D eigenvalue weighted by Crippen LogP contribution is 2.27. The minimum atomic E-state index is -0.662. The fourth-order valence-corrected chi connectivity index (χ4v) is 3.13. The van der Waals surface area contributed by atoms with Crippen molar-refractivity contribution in [1.29, 1.82) is 0 Å². The van der Waals surface area contributed by atoms with Gasteiger partial charge in [0.05, 0.1) is 5.60 Å². The summed E-state index contributed by atoms with van der Waals surface area (Å²) in [4.78, 5) is 2.38. The zero-order chi connectivity index (χ0) is 15.4. The second-order valence-electron chi connectivity index (χ2n) is 6.29. The average molecular weight is 299 g/mol. The van der Waals surface area contributed by atoms with Gasteiger partial charge in [-0.1, -0.05) is 42.5 Å². The van der Waals surface area contributed by atoms with Crippen molar-refractivity contribution in [3.63, 3.8) is 0 Å². The highest BCUT2D eigenvalue weighted by Gasteiger charge is 2.32. The van der Waals surface area contributed by atoms with Crippen molar-refractivity contribution < 1.29 is 9.50 Å². The molecule has 0 saturated carbocycles. The van der Waals surface area contributed by atoms with Gasteiger partial charge in [-0.3, -0.25) is 4.90 Å². The molecule has 1 aliphatic heterocycles. The Labute approximate surface area is 131 Å². The summed E-state index contributed by atoms with van der Waals surface area (Å²) in [6.45, 7) is 2.73. The molecule has 2 aromatic carbocycles. The number of nitrogens with zero attached hydrogens (tertiary/aromatic N) is 1. The largest absolute Gasteiger partial charge is 0.389 e. The van der Waals surface area contributed by atoms with E-state index in [0.717, 1.165) is 38.0 Å². The standard InChI is InChI=1S/C19H22FNO/c20-18-8-6-16(7-9-18)14-19(22)10-12-21(13-11-19)15-17-4-2-1-3-5-17/h1-9,22H,10-15H2. The van der Waals surface area contributed by atoms with Gasteiger partial charge < -0.3 is 5.11 Å². The molecule has 3 heteroatoms. The maximum atomic E-state index is 12.9. The Morgan fingerprint density at radius 1 is 0.909 bits per heavy atom. The Morgan fingerprint density at radius 2 is 1.55 bits per heavy atom. The van der Waals surface area contributed by atoms with Crippen LogP contribution >= 0.6 is 0 Å². The molecule has 0 amide bonds. The third kappa shape index (κ3) is 3.93. The van der Waals surface area contributed by atoms with Gasteiger partial charge in [0, 0.05) is 26.1 Å². The van der Waals surface area contributed by atoms with E-state index >= 15 is 0 Å². The summed E-state index contributed by atoms with van der Waals surface area (Å²) in [5.41, 5.74) is 1.65. The lowest BCUT2D eigenvalue weighted by atomic mass is 9.85. The molecular formula is C19H22FNO. The molecule has 0 bridgehead atoms. The second kappa shape index (κ2) is 6.59. The number of benzene rings is 2. The van der Waals surface area contributed by atoms with Gasteiger partial charge in [-0.25, -0.2) is 4.39 Å². The van der Waals surface area contributed by atoms with E-state index in [-0.39, 0.29) is 5.82 Å². The molecule has 0 unspecified atom stereocenters. The molecule has 1 saturated heterocycles. The smallest absolute Gasteiger partial charge is 0.123 e. The Hall–Kier alpha value is -1.71. The van der Waals surface area contributed by atoms with E-state index in [1.807, 2.05) is 6.07 Å². The Kier molecular flexibility index (Phi) is 4.55. The van der Waals surface area contributed by atoms with Crippen LogP contribution in [0.1, 0.15) is 24.0 Å². The van der Waals surface area contributed by atoms with Crippen LogP contribution < -0.4 is 0 Å². The van der Waals surface area contributed by atoms with Crippen LogP contribution in [0, 0.1) is 5.82 Å². The zero-order valence-electron chi connectivity index (χ0n) is 12.7. The molecule has 2 nitrogen and oxygen atoms in total. The fraction of sp³-hybridized carbons (Fsp3) is 0.368. The van der Waals surface area contributed by atoms with Crippen molar-refractivity contribution in [3.05, 3.63) is 71.5 Å². The number of halogens is 1. The summed E-state index contributed by atoms with van der Waals surface area (Å²) in [7, 11) is 0. The lowest BCUT2D eigenvalue weighted by Crippen LogP contribution is -2.45. The van der Waals surface area contributed by atoms with Crippen molar-refractivity contribution in [2.75, 3.05) is 13.1 Å². The minimum Gasteiger partial charge on any atom is -0.389 e. The Balaban J connectivity index is 1.55. The highest BCUT2D eigenvalue weighted by atomic mass is 19.1. The molecule has 2 aromatic rings. The lowest BCUT2D eigenvalue weighted by Gasteiger charge is -2.38. The SMILES string of the molecule is OC1(Cc2ccc(F)cc2)CCN(Cc2ccccc2)CC1. The first kappa shape index (κ1) is 15.2. The first-order chi connectivity index (χ1) is 10.6. The molecule has 1 heterocycles. The molecule has 0 aliphatic carbocycles. The first-order valence-corrected chi connectivity index (χ1v) is 7.86. The lowest BCUT2D eigenvalue weighted by molar-refractivity contribution is -0.0224. The van der Waals surface area contributed by atoms with Crippen LogP contribution in [0.15, 0.2) is 54.6 Å². The van der Waals surface area contributed by atoms with Gasteiger partial charge in [-0.05, 0) is 36.1 Å². The predicted molar refractivity (Wildman–Crippen MR) is 86.0 cm³/mol. The van der Waals surface area contributed by atoms with Crippen LogP contribution in [0.4, 0.5) is 4.39 Å². The summed E-state index contributed by atoms with van der Waals surface area (Å²) in [5.74, 6) is -0.228. The van der Waals surface area contributed by atoms with E-state index in [1.165, 1.54) is 17.7 Å². The van der Waals surface area contributed by atoms with E-state index in [4.69, 9.17) is 0 Å². The molecular weight excluding hydrogens is 277 g/mol. The minimum absolute atomic E-state index is 0.228. The Morgan fingerprint density at radius 3 is 2.18 bits per heavy atom. The van der Waals surface area contributed by atoms with Crippen LogP contribution in [-0.2, 0) is 13.0 Å². The van der Waals surface area contributed by atoms with Crippen LogP contribution in [0.5, 0.6) is 0 Å². The number of aliphatic hydroxyl groups is 1. The van der Waals surface area contributed by atoms with E-state index < -0.39 is 5.60 Å².